The summed E-state index contributed by atoms with van der Waals surface area (Å²) in [5.74, 6) is 2.35. The van der Waals surface area contributed by atoms with Gasteiger partial charge in [-0.05, 0) is 63.1 Å². The van der Waals surface area contributed by atoms with Crippen molar-refractivity contribution in [3.05, 3.63) is 81.8 Å². The van der Waals surface area contributed by atoms with Gasteiger partial charge < -0.3 is 13.9 Å². The number of hydrogen-bond acceptors (Lipinski definition) is 6. The number of aryl methyl sites for hydroxylation is 3. The van der Waals surface area contributed by atoms with E-state index < -0.39 is 0 Å². The Kier molecular flexibility index (Phi) is 5.94. The van der Waals surface area contributed by atoms with Crippen LogP contribution in [0.2, 0.25) is 5.02 Å². The molecule has 0 bridgehead atoms. The molecule has 0 N–H and O–H groups in total. The van der Waals surface area contributed by atoms with Crippen molar-refractivity contribution in [1.29, 1.82) is 0 Å². The third kappa shape index (κ3) is 4.12. The monoisotopic (exact) mass is 488 g/mol. The maximum atomic E-state index is 6.37. The van der Waals surface area contributed by atoms with Gasteiger partial charge in [-0.1, -0.05) is 29.8 Å². The Morgan fingerprint density at radius 2 is 1.80 bits per heavy atom. The first-order valence-electron chi connectivity index (χ1n) is 11.2. The van der Waals surface area contributed by atoms with Crippen LogP contribution >= 0.6 is 11.6 Å². The van der Waals surface area contributed by atoms with Gasteiger partial charge >= 0.3 is 0 Å². The minimum absolute atomic E-state index is 0.214. The molecule has 2 aromatic carbocycles. The van der Waals surface area contributed by atoms with Gasteiger partial charge in [0.15, 0.2) is 5.65 Å². The molecule has 0 aliphatic carbocycles. The van der Waals surface area contributed by atoms with Gasteiger partial charge in [-0.25, -0.2) is 9.67 Å². The van der Waals surface area contributed by atoms with E-state index in [9.17, 15) is 0 Å². The largest absolute Gasteiger partial charge is 0.496 e. The predicted octanol–water partition coefficient (Wildman–Crippen LogP) is 6.55. The number of benzene rings is 2. The molecule has 5 rings (SSSR count). The van der Waals surface area contributed by atoms with Crippen molar-refractivity contribution in [3.8, 4) is 28.8 Å². The molecule has 0 amide bonds. The average Bonchev–Trinajstić information content (AvgIpc) is 3.39. The number of ether oxygens (including phenoxy) is 2. The van der Waals surface area contributed by atoms with Gasteiger partial charge in [0.25, 0.3) is 0 Å². The second-order valence-corrected chi connectivity index (χ2v) is 8.78. The van der Waals surface area contributed by atoms with E-state index in [0.29, 0.717) is 34.0 Å². The molecule has 0 radical (unpaired) electrons. The SMILES string of the molecule is COc1ccccc1-c1nc(COc2cc(C)c3c(C)nn(-c4cccc(Cl)c4C)c3n2)c(C)o1. The molecule has 35 heavy (non-hydrogen) atoms. The normalized spacial score (nSPS) is 11.3. The highest BCUT2D eigenvalue weighted by molar-refractivity contribution is 6.31. The number of fused-ring (bicyclic) bond motifs is 1. The number of rotatable bonds is 6. The van der Waals surface area contributed by atoms with Crippen molar-refractivity contribution in [2.75, 3.05) is 7.11 Å². The number of oxazole rings is 1. The van der Waals surface area contributed by atoms with Crippen LogP contribution in [0.3, 0.4) is 0 Å². The Morgan fingerprint density at radius 1 is 1.00 bits per heavy atom. The first-order valence-corrected chi connectivity index (χ1v) is 11.6. The number of para-hydroxylation sites is 1. The van der Waals surface area contributed by atoms with Crippen molar-refractivity contribution < 1.29 is 13.9 Å². The quantitative estimate of drug-likeness (QED) is 0.270. The lowest BCUT2D eigenvalue weighted by atomic mass is 10.1. The van der Waals surface area contributed by atoms with Gasteiger partial charge in [0.05, 0.1) is 24.1 Å². The summed E-state index contributed by atoms with van der Waals surface area (Å²) in [6.45, 7) is 8.06. The number of pyridine rings is 1. The minimum atomic E-state index is 0.214. The van der Waals surface area contributed by atoms with Gasteiger partial charge in [0.1, 0.15) is 23.8 Å². The van der Waals surface area contributed by atoms with Crippen LogP contribution in [0.1, 0.15) is 28.3 Å². The van der Waals surface area contributed by atoms with Gasteiger partial charge in [0.2, 0.25) is 11.8 Å². The highest BCUT2D eigenvalue weighted by Crippen LogP contribution is 2.32. The van der Waals surface area contributed by atoms with Gasteiger partial charge in [-0.15, -0.1) is 0 Å². The topological polar surface area (TPSA) is 75.2 Å². The Bertz CT molecular complexity index is 1550. The van der Waals surface area contributed by atoms with Gasteiger partial charge in [-0.2, -0.15) is 10.1 Å². The zero-order chi connectivity index (χ0) is 24.7. The third-order valence-electron chi connectivity index (χ3n) is 6.04. The van der Waals surface area contributed by atoms with Crippen molar-refractivity contribution in [3.63, 3.8) is 0 Å². The predicted molar refractivity (Wildman–Crippen MR) is 136 cm³/mol. The van der Waals surface area contributed by atoms with Crippen LogP contribution in [0, 0.1) is 27.7 Å². The van der Waals surface area contributed by atoms with Crippen molar-refractivity contribution in [1.82, 2.24) is 19.7 Å². The maximum absolute atomic E-state index is 6.37. The summed E-state index contributed by atoms with van der Waals surface area (Å²) in [5.41, 5.74) is 5.94. The molecule has 0 saturated heterocycles. The molecule has 0 aliphatic heterocycles. The summed E-state index contributed by atoms with van der Waals surface area (Å²) in [7, 11) is 1.63. The molecule has 7 nitrogen and oxygen atoms in total. The fraction of sp³-hybridized carbons (Fsp3) is 0.222. The van der Waals surface area contributed by atoms with E-state index in [4.69, 9.17) is 35.6 Å². The van der Waals surface area contributed by atoms with Crippen molar-refractivity contribution in [2.45, 2.75) is 34.3 Å². The second-order valence-electron chi connectivity index (χ2n) is 8.37. The van der Waals surface area contributed by atoms with E-state index in [2.05, 4.69) is 4.98 Å². The molecule has 0 fully saturated rings. The Hall–Kier alpha value is -3.84. The zero-order valence-corrected chi connectivity index (χ0v) is 21.0. The fourth-order valence-electron chi connectivity index (χ4n) is 4.18. The highest BCUT2D eigenvalue weighted by atomic mass is 35.5. The molecule has 3 aromatic heterocycles. The number of hydrogen-bond donors (Lipinski definition) is 0. The number of methoxy groups -OCH3 is 1. The number of halogens is 1. The molecule has 8 heteroatoms. The van der Waals surface area contributed by atoms with Crippen LogP contribution < -0.4 is 9.47 Å². The summed E-state index contributed by atoms with van der Waals surface area (Å²) < 4.78 is 19.3. The number of aromatic nitrogens is 4. The van der Waals surface area contributed by atoms with Crippen LogP contribution in [0.4, 0.5) is 0 Å². The lowest BCUT2D eigenvalue weighted by Crippen LogP contribution is -2.03. The summed E-state index contributed by atoms with van der Waals surface area (Å²) in [6.07, 6.45) is 0. The van der Waals surface area contributed by atoms with Crippen molar-refractivity contribution in [2.24, 2.45) is 0 Å². The van der Waals surface area contributed by atoms with E-state index in [1.165, 1.54) is 0 Å². The smallest absolute Gasteiger partial charge is 0.230 e. The van der Waals surface area contributed by atoms with Crippen molar-refractivity contribution >= 4 is 22.6 Å². The summed E-state index contributed by atoms with van der Waals surface area (Å²) >= 11 is 6.37. The molecule has 178 valence electrons. The zero-order valence-electron chi connectivity index (χ0n) is 20.2. The third-order valence-corrected chi connectivity index (χ3v) is 6.45. The van der Waals surface area contributed by atoms with Crippen LogP contribution in [-0.4, -0.2) is 26.9 Å². The Labute approximate surface area is 208 Å². The lowest BCUT2D eigenvalue weighted by molar-refractivity contribution is 0.288. The highest BCUT2D eigenvalue weighted by Gasteiger charge is 2.19. The van der Waals surface area contributed by atoms with Gasteiger partial charge in [-0.3, -0.25) is 0 Å². The second kappa shape index (κ2) is 9.07. The molecule has 0 atom stereocenters. The van der Waals surface area contributed by atoms with E-state index in [1.54, 1.807) is 7.11 Å². The first-order chi connectivity index (χ1) is 16.9. The van der Waals surface area contributed by atoms with E-state index >= 15 is 0 Å². The van der Waals surface area contributed by atoms with Gasteiger partial charge in [0, 0.05) is 16.5 Å². The molecule has 0 spiro atoms. The molecule has 5 aromatic rings. The summed E-state index contributed by atoms with van der Waals surface area (Å²) in [4.78, 5) is 9.45. The average molecular weight is 489 g/mol. The first kappa shape index (κ1) is 22.9. The molecule has 0 aliphatic rings. The maximum Gasteiger partial charge on any atom is 0.230 e. The standard InChI is InChI=1S/C27H25ClN4O3/c1-15-13-24(30-26-25(15)17(3)31-32(26)22-11-8-10-20(28)16(22)2)34-14-21-18(4)35-27(29-21)19-9-6-7-12-23(19)33-5/h6-13H,14H2,1-5H3. The van der Waals surface area contributed by atoms with Crippen LogP contribution in [-0.2, 0) is 6.61 Å². The van der Waals surface area contributed by atoms with Crippen LogP contribution in [0.15, 0.2) is 52.9 Å². The van der Waals surface area contributed by atoms with E-state index in [1.807, 2.05) is 80.9 Å². The fourth-order valence-corrected chi connectivity index (χ4v) is 4.35. The minimum Gasteiger partial charge on any atom is -0.496 e. The molecular weight excluding hydrogens is 464 g/mol. The molecule has 0 unspecified atom stereocenters. The summed E-state index contributed by atoms with van der Waals surface area (Å²) in [6, 6.07) is 15.3. The molecule has 0 saturated carbocycles. The lowest BCUT2D eigenvalue weighted by Gasteiger charge is -2.10. The number of nitrogens with zero attached hydrogens (tertiary/aromatic N) is 4. The molecule has 3 heterocycles. The molecular formula is C27H25ClN4O3. The summed E-state index contributed by atoms with van der Waals surface area (Å²) in [5, 5.41) is 6.42. The Morgan fingerprint density at radius 3 is 2.60 bits per heavy atom. The van der Waals surface area contributed by atoms with Crippen LogP contribution in [0.5, 0.6) is 11.6 Å². The Balaban J connectivity index is 1.48. The van der Waals surface area contributed by atoms with E-state index in [-0.39, 0.29) is 6.61 Å². The van der Waals surface area contributed by atoms with E-state index in [0.717, 1.165) is 39.1 Å². The van der Waals surface area contributed by atoms with Crippen LogP contribution in [0.25, 0.3) is 28.2 Å².